The van der Waals surface area contributed by atoms with Gasteiger partial charge in [0.1, 0.15) is 0 Å². The molecule has 0 amide bonds. The van der Waals surface area contributed by atoms with Gasteiger partial charge in [-0.2, -0.15) is 0 Å². The Labute approximate surface area is 112 Å². The standard InChI is InChI=1S/C16H15NS/c1-3-7-13(8-4-1)15-11-12-17-16(18-15)14-9-5-2-6-10-14/h1-10,15H,11-12H2. The number of aliphatic imine (C=N–C) groups is 1. The van der Waals surface area contributed by atoms with E-state index in [0.29, 0.717) is 5.25 Å². The number of hydrogen-bond donors (Lipinski definition) is 0. The van der Waals surface area contributed by atoms with Crippen molar-refractivity contribution < 1.29 is 0 Å². The molecule has 1 aliphatic heterocycles. The van der Waals surface area contributed by atoms with Crippen molar-refractivity contribution in [1.82, 2.24) is 0 Å². The second kappa shape index (κ2) is 5.40. The second-order valence-electron chi connectivity index (χ2n) is 4.36. The molecular weight excluding hydrogens is 238 g/mol. The van der Waals surface area contributed by atoms with Crippen LogP contribution in [0, 0.1) is 0 Å². The molecule has 1 heterocycles. The van der Waals surface area contributed by atoms with E-state index >= 15 is 0 Å². The van der Waals surface area contributed by atoms with Crippen LogP contribution in [0.25, 0.3) is 0 Å². The Balaban J connectivity index is 1.82. The highest BCUT2D eigenvalue weighted by Crippen LogP contribution is 2.37. The summed E-state index contributed by atoms with van der Waals surface area (Å²) in [6, 6.07) is 21.2. The lowest BCUT2D eigenvalue weighted by Gasteiger charge is -2.21. The first-order valence-electron chi connectivity index (χ1n) is 6.25. The first-order chi connectivity index (χ1) is 8.93. The summed E-state index contributed by atoms with van der Waals surface area (Å²) in [6.45, 7) is 0.927. The normalized spacial score (nSPS) is 19.3. The highest BCUT2D eigenvalue weighted by Gasteiger charge is 2.19. The van der Waals surface area contributed by atoms with Gasteiger partial charge in [-0.05, 0) is 12.0 Å². The van der Waals surface area contributed by atoms with Gasteiger partial charge >= 0.3 is 0 Å². The molecule has 0 radical (unpaired) electrons. The molecule has 0 aromatic heterocycles. The molecule has 0 bridgehead atoms. The van der Waals surface area contributed by atoms with E-state index in [-0.39, 0.29) is 0 Å². The minimum atomic E-state index is 0.541. The molecule has 2 aromatic rings. The van der Waals surface area contributed by atoms with Crippen LogP contribution in [0.1, 0.15) is 22.8 Å². The van der Waals surface area contributed by atoms with Crippen molar-refractivity contribution in [2.75, 3.05) is 6.54 Å². The molecule has 0 aliphatic carbocycles. The summed E-state index contributed by atoms with van der Waals surface area (Å²) in [4.78, 5) is 4.66. The number of benzene rings is 2. The monoisotopic (exact) mass is 253 g/mol. The summed E-state index contributed by atoms with van der Waals surface area (Å²) < 4.78 is 0. The molecule has 0 spiro atoms. The molecule has 1 unspecified atom stereocenters. The van der Waals surface area contributed by atoms with Crippen LogP contribution < -0.4 is 0 Å². The van der Waals surface area contributed by atoms with Gasteiger partial charge in [-0.25, -0.2) is 0 Å². The third-order valence-corrected chi connectivity index (χ3v) is 4.47. The Morgan fingerprint density at radius 2 is 1.56 bits per heavy atom. The molecule has 18 heavy (non-hydrogen) atoms. The van der Waals surface area contributed by atoms with Gasteiger partial charge in [-0.1, -0.05) is 72.4 Å². The zero-order valence-electron chi connectivity index (χ0n) is 10.1. The molecule has 90 valence electrons. The van der Waals surface area contributed by atoms with Crippen molar-refractivity contribution in [2.24, 2.45) is 4.99 Å². The maximum absolute atomic E-state index is 4.66. The van der Waals surface area contributed by atoms with Crippen LogP contribution in [-0.4, -0.2) is 11.6 Å². The van der Waals surface area contributed by atoms with Crippen LogP contribution >= 0.6 is 11.8 Å². The highest BCUT2D eigenvalue weighted by molar-refractivity contribution is 8.14. The molecular formula is C16H15NS. The van der Waals surface area contributed by atoms with E-state index in [1.165, 1.54) is 16.2 Å². The highest BCUT2D eigenvalue weighted by atomic mass is 32.2. The van der Waals surface area contributed by atoms with Crippen molar-refractivity contribution in [3.63, 3.8) is 0 Å². The van der Waals surface area contributed by atoms with E-state index in [1.807, 2.05) is 17.8 Å². The first-order valence-corrected chi connectivity index (χ1v) is 7.13. The molecule has 0 saturated heterocycles. The lowest BCUT2D eigenvalue weighted by Crippen LogP contribution is -2.09. The van der Waals surface area contributed by atoms with Crippen molar-refractivity contribution in [2.45, 2.75) is 11.7 Å². The van der Waals surface area contributed by atoms with E-state index in [9.17, 15) is 0 Å². The van der Waals surface area contributed by atoms with Gasteiger partial charge in [0.05, 0.1) is 5.04 Å². The van der Waals surface area contributed by atoms with Crippen molar-refractivity contribution in [3.8, 4) is 0 Å². The predicted octanol–water partition coefficient (Wildman–Crippen LogP) is 4.31. The van der Waals surface area contributed by atoms with Gasteiger partial charge in [0.15, 0.2) is 0 Å². The molecule has 0 saturated carbocycles. The first kappa shape index (κ1) is 11.5. The third kappa shape index (κ3) is 2.49. The maximum Gasteiger partial charge on any atom is 0.0982 e. The average molecular weight is 253 g/mol. The number of nitrogens with zero attached hydrogens (tertiary/aromatic N) is 1. The van der Waals surface area contributed by atoms with Crippen molar-refractivity contribution in [1.29, 1.82) is 0 Å². The SMILES string of the molecule is c1ccc(C2=NCCC(c3ccccc3)S2)cc1. The van der Waals surface area contributed by atoms with Gasteiger partial charge in [0.25, 0.3) is 0 Å². The molecule has 2 heteroatoms. The van der Waals surface area contributed by atoms with Crippen LogP contribution in [0.15, 0.2) is 65.7 Å². The number of rotatable bonds is 2. The van der Waals surface area contributed by atoms with Crippen LogP contribution in [0.4, 0.5) is 0 Å². The van der Waals surface area contributed by atoms with E-state index in [0.717, 1.165) is 13.0 Å². The second-order valence-corrected chi connectivity index (χ2v) is 5.55. The third-order valence-electron chi connectivity index (χ3n) is 3.09. The van der Waals surface area contributed by atoms with E-state index in [4.69, 9.17) is 0 Å². The lowest BCUT2D eigenvalue weighted by molar-refractivity contribution is 0.811. The number of thioether (sulfide) groups is 1. The summed E-state index contributed by atoms with van der Waals surface area (Å²) in [5.74, 6) is 0. The summed E-state index contributed by atoms with van der Waals surface area (Å²) in [5, 5.41) is 1.72. The molecule has 0 fully saturated rings. The minimum Gasteiger partial charge on any atom is -0.278 e. The number of hydrogen-bond acceptors (Lipinski definition) is 2. The average Bonchev–Trinajstić information content (AvgIpc) is 2.49. The van der Waals surface area contributed by atoms with Gasteiger partial charge in [-0.3, -0.25) is 4.99 Å². The van der Waals surface area contributed by atoms with E-state index < -0.39 is 0 Å². The molecule has 2 aromatic carbocycles. The molecule has 1 aliphatic rings. The summed E-state index contributed by atoms with van der Waals surface area (Å²) >= 11 is 1.89. The molecule has 0 N–H and O–H groups in total. The van der Waals surface area contributed by atoms with Crippen LogP contribution in [-0.2, 0) is 0 Å². The van der Waals surface area contributed by atoms with Crippen LogP contribution in [0.2, 0.25) is 0 Å². The van der Waals surface area contributed by atoms with Gasteiger partial charge in [0, 0.05) is 17.4 Å². The quantitative estimate of drug-likeness (QED) is 0.776. The van der Waals surface area contributed by atoms with Gasteiger partial charge in [0.2, 0.25) is 0 Å². The van der Waals surface area contributed by atoms with Crippen molar-refractivity contribution in [3.05, 3.63) is 71.8 Å². The Hall–Kier alpha value is -1.54. The zero-order valence-corrected chi connectivity index (χ0v) is 10.9. The minimum absolute atomic E-state index is 0.541. The topological polar surface area (TPSA) is 12.4 Å². The Bertz CT molecular complexity index is 534. The van der Waals surface area contributed by atoms with Gasteiger partial charge in [-0.15, -0.1) is 0 Å². The van der Waals surface area contributed by atoms with Crippen molar-refractivity contribution >= 4 is 16.8 Å². The zero-order chi connectivity index (χ0) is 12.2. The van der Waals surface area contributed by atoms with Gasteiger partial charge < -0.3 is 0 Å². The van der Waals surface area contributed by atoms with Crippen LogP contribution in [0.3, 0.4) is 0 Å². The van der Waals surface area contributed by atoms with E-state index in [1.54, 1.807) is 0 Å². The predicted molar refractivity (Wildman–Crippen MR) is 79.2 cm³/mol. The Morgan fingerprint density at radius 1 is 0.889 bits per heavy atom. The summed E-state index contributed by atoms with van der Waals surface area (Å²) in [5.41, 5.74) is 2.65. The smallest absolute Gasteiger partial charge is 0.0982 e. The molecule has 3 rings (SSSR count). The summed E-state index contributed by atoms with van der Waals surface area (Å²) in [6.07, 6.45) is 1.13. The maximum atomic E-state index is 4.66. The Morgan fingerprint density at radius 3 is 2.28 bits per heavy atom. The lowest BCUT2D eigenvalue weighted by atomic mass is 10.1. The molecule has 1 nitrogen and oxygen atoms in total. The molecule has 1 atom stereocenters. The largest absolute Gasteiger partial charge is 0.278 e. The van der Waals surface area contributed by atoms with E-state index in [2.05, 4.69) is 59.6 Å². The summed E-state index contributed by atoms with van der Waals surface area (Å²) in [7, 11) is 0. The Kier molecular flexibility index (Phi) is 3.47. The fourth-order valence-corrected chi connectivity index (χ4v) is 3.38. The van der Waals surface area contributed by atoms with Crippen LogP contribution in [0.5, 0.6) is 0 Å². The fourth-order valence-electron chi connectivity index (χ4n) is 2.16. The fraction of sp³-hybridized carbons (Fsp3) is 0.188.